The summed E-state index contributed by atoms with van der Waals surface area (Å²) in [5, 5.41) is 5.01. The van der Waals surface area contributed by atoms with E-state index in [-0.39, 0.29) is 6.04 Å². The molecule has 14 heavy (non-hydrogen) atoms. The summed E-state index contributed by atoms with van der Waals surface area (Å²) in [4.78, 5) is 2.15. The number of nitrogens with zero attached hydrogens (tertiary/aromatic N) is 2. The molecule has 1 atom stereocenters. The van der Waals surface area contributed by atoms with Gasteiger partial charge in [-0.1, -0.05) is 0 Å². The van der Waals surface area contributed by atoms with Crippen molar-refractivity contribution in [3.05, 3.63) is 0 Å². The standard InChI is InChI=1S/C7H18N4O2S/c1-7(8)6-10-2-4-11(5-3-10)14(9,12)13/h7H,2-6,8H2,1H3,(H2,9,12,13). The lowest BCUT2D eigenvalue weighted by molar-refractivity contribution is 0.182. The predicted molar refractivity (Wildman–Crippen MR) is 54.8 cm³/mol. The molecule has 1 heterocycles. The monoisotopic (exact) mass is 222 g/mol. The van der Waals surface area contributed by atoms with Crippen molar-refractivity contribution in [2.45, 2.75) is 13.0 Å². The maximum absolute atomic E-state index is 11.0. The molecule has 0 bridgehead atoms. The van der Waals surface area contributed by atoms with Gasteiger partial charge in [0, 0.05) is 38.8 Å². The highest BCUT2D eigenvalue weighted by molar-refractivity contribution is 7.86. The molecule has 0 amide bonds. The van der Waals surface area contributed by atoms with Gasteiger partial charge < -0.3 is 5.73 Å². The van der Waals surface area contributed by atoms with Crippen LogP contribution in [0.5, 0.6) is 0 Å². The molecule has 0 saturated carbocycles. The average Bonchev–Trinajstić information content (AvgIpc) is 2.02. The van der Waals surface area contributed by atoms with Crippen molar-refractivity contribution in [1.29, 1.82) is 0 Å². The van der Waals surface area contributed by atoms with E-state index in [0.717, 1.165) is 6.54 Å². The van der Waals surface area contributed by atoms with E-state index >= 15 is 0 Å². The van der Waals surface area contributed by atoms with Gasteiger partial charge in [-0.05, 0) is 6.92 Å². The van der Waals surface area contributed by atoms with Crippen LogP contribution in [0.2, 0.25) is 0 Å². The van der Waals surface area contributed by atoms with Gasteiger partial charge >= 0.3 is 0 Å². The molecular weight excluding hydrogens is 204 g/mol. The van der Waals surface area contributed by atoms with E-state index in [9.17, 15) is 8.42 Å². The van der Waals surface area contributed by atoms with Crippen LogP contribution in [0, 0.1) is 0 Å². The van der Waals surface area contributed by atoms with Crippen LogP contribution in [-0.4, -0.2) is 56.4 Å². The van der Waals surface area contributed by atoms with Crippen molar-refractivity contribution in [3.63, 3.8) is 0 Å². The number of rotatable bonds is 3. The topological polar surface area (TPSA) is 92.7 Å². The zero-order valence-corrected chi connectivity index (χ0v) is 9.20. The minimum Gasteiger partial charge on any atom is -0.327 e. The Bertz CT molecular complexity index is 269. The van der Waals surface area contributed by atoms with Gasteiger partial charge in [0.25, 0.3) is 10.2 Å². The first-order valence-corrected chi connectivity index (χ1v) is 6.15. The summed E-state index contributed by atoms with van der Waals surface area (Å²) >= 11 is 0. The quantitative estimate of drug-likeness (QED) is 0.586. The fourth-order valence-corrected chi connectivity index (χ4v) is 2.25. The number of hydrogen-bond donors (Lipinski definition) is 2. The van der Waals surface area contributed by atoms with Crippen LogP contribution in [0.15, 0.2) is 0 Å². The Morgan fingerprint density at radius 2 is 1.79 bits per heavy atom. The lowest BCUT2D eigenvalue weighted by Gasteiger charge is -2.33. The van der Waals surface area contributed by atoms with Crippen LogP contribution in [0.4, 0.5) is 0 Å². The normalized spacial score (nSPS) is 23.6. The van der Waals surface area contributed by atoms with Crippen molar-refractivity contribution in [2.24, 2.45) is 10.9 Å². The second kappa shape index (κ2) is 4.54. The van der Waals surface area contributed by atoms with Gasteiger partial charge in [-0.2, -0.15) is 12.7 Å². The van der Waals surface area contributed by atoms with E-state index in [1.165, 1.54) is 4.31 Å². The van der Waals surface area contributed by atoms with E-state index in [2.05, 4.69) is 4.90 Å². The fraction of sp³-hybridized carbons (Fsp3) is 1.00. The first-order valence-electron chi connectivity index (χ1n) is 4.65. The van der Waals surface area contributed by atoms with Gasteiger partial charge in [0.15, 0.2) is 0 Å². The van der Waals surface area contributed by atoms with Gasteiger partial charge in [0.1, 0.15) is 0 Å². The number of piperazine rings is 1. The third-order valence-electron chi connectivity index (χ3n) is 2.24. The minimum atomic E-state index is -3.50. The molecule has 1 rings (SSSR count). The summed E-state index contributed by atoms with van der Waals surface area (Å²) in [6, 6.07) is 0.121. The smallest absolute Gasteiger partial charge is 0.276 e. The molecule has 0 aliphatic carbocycles. The molecule has 0 aromatic heterocycles. The predicted octanol–water partition coefficient (Wildman–Crippen LogP) is -1.85. The van der Waals surface area contributed by atoms with Gasteiger partial charge in [-0.3, -0.25) is 4.90 Å². The molecule has 0 aromatic rings. The van der Waals surface area contributed by atoms with Gasteiger partial charge in [0.05, 0.1) is 0 Å². The van der Waals surface area contributed by atoms with Crippen LogP contribution in [0.3, 0.4) is 0 Å². The summed E-state index contributed by atoms with van der Waals surface area (Å²) in [6.07, 6.45) is 0. The molecule has 0 spiro atoms. The Balaban J connectivity index is 2.39. The van der Waals surface area contributed by atoms with Gasteiger partial charge in [-0.25, -0.2) is 5.14 Å². The lowest BCUT2D eigenvalue weighted by Crippen LogP contribution is -2.52. The van der Waals surface area contributed by atoms with Crippen molar-refractivity contribution >= 4 is 10.2 Å². The highest BCUT2D eigenvalue weighted by Gasteiger charge is 2.23. The Morgan fingerprint density at radius 3 is 2.14 bits per heavy atom. The molecule has 0 aromatic carbocycles. The summed E-state index contributed by atoms with van der Waals surface area (Å²) in [5.41, 5.74) is 5.65. The Morgan fingerprint density at radius 1 is 1.29 bits per heavy atom. The SMILES string of the molecule is CC(N)CN1CCN(S(N)(=O)=O)CC1. The Hall–Kier alpha value is -0.210. The zero-order valence-electron chi connectivity index (χ0n) is 8.39. The van der Waals surface area contributed by atoms with E-state index in [1.54, 1.807) is 0 Å². The van der Waals surface area contributed by atoms with Gasteiger partial charge in [-0.15, -0.1) is 0 Å². The van der Waals surface area contributed by atoms with Crippen molar-refractivity contribution < 1.29 is 8.42 Å². The third-order valence-corrected chi connectivity index (χ3v) is 3.32. The van der Waals surface area contributed by atoms with Crippen LogP contribution < -0.4 is 10.9 Å². The molecular formula is C7H18N4O2S. The first kappa shape index (κ1) is 11.9. The molecule has 4 N–H and O–H groups in total. The van der Waals surface area contributed by atoms with Crippen LogP contribution in [-0.2, 0) is 10.2 Å². The molecule has 0 radical (unpaired) electrons. The molecule has 1 fully saturated rings. The summed E-state index contributed by atoms with van der Waals surface area (Å²) < 4.78 is 23.2. The zero-order chi connectivity index (χ0) is 10.8. The second-order valence-electron chi connectivity index (χ2n) is 3.72. The lowest BCUT2D eigenvalue weighted by atomic mass is 10.3. The summed E-state index contributed by atoms with van der Waals surface area (Å²) in [5.74, 6) is 0. The molecule has 6 nitrogen and oxygen atoms in total. The van der Waals surface area contributed by atoms with Crippen molar-refractivity contribution in [1.82, 2.24) is 9.21 Å². The number of hydrogen-bond acceptors (Lipinski definition) is 4. The van der Waals surface area contributed by atoms with Crippen LogP contribution >= 0.6 is 0 Å². The molecule has 1 saturated heterocycles. The van der Waals surface area contributed by atoms with Crippen LogP contribution in [0.25, 0.3) is 0 Å². The van der Waals surface area contributed by atoms with Crippen molar-refractivity contribution in [2.75, 3.05) is 32.7 Å². The summed E-state index contributed by atoms with van der Waals surface area (Å²) in [6.45, 7) is 5.08. The molecule has 7 heteroatoms. The Labute approximate surface area is 85.0 Å². The van der Waals surface area contributed by atoms with E-state index in [4.69, 9.17) is 10.9 Å². The highest BCUT2D eigenvalue weighted by atomic mass is 32.2. The highest BCUT2D eigenvalue weighted by Crippen LogP contribution is 2.04. The number of nitrogens with two attached hydrogens (primary N) is 2. The maximum Gasteiger partial charge on any atom is 0.276 e. The minimum absolute atomic E-state index is 0.121. The van der Waals surface area contributed by atoms with E-state index in [0.29, 0.717) is 26.2 Å². The van der Waals surface area contributed by atoms with E-state index in [1.807, 2.05) is 6.92 Å². The molecule has 1 aliphatic heterocycles. The molecule has 1 aliphatic rings. The van der Waals surface area contributed by atoms with Gasteiger partial charge in [0.2, 0.25) is 0 Å². The first-order chi connectivity index (χ1) is 6.39. The Kier molecular flexibility index (Phi) is 3.85. The molecule has 84 valence electrons. The average molecular weight is 222 g/mol. The van der Waals surface area contributed by atoms with Crippen molar-refractivity contribution in [3.8, 4) is 0 Å². The third kappa shape index (κ3) is 3.50. The van der Waals surface area contributed by atoms with E-state index < -0.39 is 10.2 Å². The largest absolute Gasteiger partial charge is 0.327 e. The fourth-order valence-electron chi connectivity index (χ4n) is 1.57. The second-order valence-corrected chi connectivity index (χ2v) is 5.27. The summed E-state index contributed by atoms with van der Waals surface area (Å²) in [7, 11) is -3.50. The molecule has 1 unspecified atom stereocenters. The maximum atomic E-state index is 11.0. The van der Waals surface area contributed by atoms with Crippen LogP contribution in [0.1, 0.15) is 6.92 Å².